The van der Waals surface area contributed by atoms with Crippen molar-refractivity contribution >= 4 is 21.7 Å². The summed E-state index contributed by atoms with van der Waals surface area (Å²) in [6.45, 7) is 1.48. The Morgan fingerprint density at radius 1 is 1.57 bits per heavy atom. The van der Waals surface area contributed by atoms with Crippen molar-refractivity contribution in [3.05, 3.63) is 22.2 Å². The number of aromatic hydroxyl groups is 1. The topological polar surface area (TPSA) is 46.5 Å². The van der Waals surface area contributed by atoms with E-state index in [4.69, 9.17) is 4.74 Å². The highest BCUT2D eigenvalue weighted by Gasteiger charge is 2.10. The highest BCUT2D eigenvalue weighted by molar-refractivity contribution is 9.10. The molecule has 1 aromatic rings. The SMILES string of the molecule is COc1cc(Br)cc(CC(C)=O)c1O. The first-order chi connectivity index (χ1) is 6.54. The molecule has 0 radical (unpaired) electrons. The van der Waals surface area contributed by atoms with E-state index in [0.29, 0.717) is 11.3 Å². The summed E-state index contributed by atoms with van der Waals surface area (Å²) in [5.74, 6) is 0.405. The second kappa shape index (κ2) is 4.46. The van der Waals surface area contributed by atoms with Gasteiger partial charge in [-0.25, -0.2) is 0 Å². The Kier molecular flexibility index (Phi) is 3.52. The first kappa shape index (κ1) is 11.0. The Morgan fingerprint density at radius 2 is 2.21 bits per heavy atom. The normalized spacial score (nSPS) is 9.93. The Morgan fingerprint density at radius 3 is 2.71 bits per heavy atom. The molecule has 0 atom stereocenters. The van der Waals surface area contributed by atoms with Crippen molar-refractivity contribution in [3.8, 4) is 11.5 Å². The molecule has 0 aromatic heterocycles. The fourth-order valence-corrected chi connectivity index (χ4v) is 1.67. The molecule has 0 heterocycles. The van der Waals surface area contributed by atoms with E-state index in [2.05, 4.69) is 15.9 Å². The van der Waals surface area contributed by atoms with Gasteiger partial charge < -0.3 is 9.84 Å². The van der Waals surface area contributed by atoms with Gasteiger partial charge in [-0.05, 0) is 19.1 Å². The maximum Gasteiger partial charge on any atom is 0.161 e. The second-order valence-corrected chi connectivity index (χ2v) is 3.91. The van der Waals surface area contributed by atoms with Crippen molar-refractivity contribution < 1.29 is 14.6 Å². The largest absolute Gasteiger partial charge is 0.504 e. The van der Waals surface area contributed by atoms with Crippen LogP contribution in [0.25, 0.3) is 0 Å². The van der Waals surface area contributed by atoms with Gasteiger partial charge in [-0.1, -0.05) is 15.9 Å². The van der Waals surface area contributed by atoms with Crippen molar-refractivity contribution in [2.45, 2.75) is 13.3 Å². The lowest BCUT2D eigenvalue weighted by Gasteiger charge is -2.08. The van der Waals surface area contributed by atoms with Gasteiger partial charge in [-0.2, -0.15) is 0 Å². The number of rotatable bonds is 3. The minimum atomic E-state index is 0.000420. The molecule has 0 aliphatic carbocycles. The van der Waals surface area contributed by atoms with Gasteiger partial charge in [0.15, 0.2) is 11.5 Å². The van der Waals surface area contributed by atoms with Gasteiger partial charge >= 0.3 is 0 Å². The number of carbonyl (C=O) groups excluding carboxylic acids is 1. The van der Waals surface area contributed by atoms with E-state index < -0.39 is 0 Å². The first-order valence-corrected chi connectivity index (χ1v) is 4.88. The summed E-state index contributed by atoms with van der Waals surface area (Å²) >= 11 is 3.28. The van der Waals surface area contributed by atoms with Crippen molar-refractivity contribution in [2.75, 3.05) is 7.11 Å². The summed E-state index contributed by atoms with van der Waals surface area (Å²) in [6.07, 6.45) is 0.210. The monoisotopic (exact) mass is 258 g/mol. The number of hydrogen-bond donors (Lipinski definition) is 1. The molecule has 3 nitrogen and oxygen atoms in total. The van der Waals surface area contributed by atoms with Crippen LogP contribution in [0.4, 0.5) is 0 Å². The number of ether oxygens (including phenoxy) is 1. The third-order valence-electron chi connectivity index (χ3n) is 1.78. The predicted octanol–water partition coefficient (Wildman–Crippen LogP) is 2.29. The van der Waals surface area contributed by atoms with Gasteiger partial charge in [0, 0.05) is 16.5 Å². The number of carbonyl (C=O) groups is 1. The Balaban J connectivity index is 3.15. The molecule has 0 saturated carbocycles. The summed E-state index contributed by atoms with van der Waals surface area (Å²) < 4.78 is 5.74. The van der Waals surface area contributed by atoms with Crippen LogP contribution < -0.4 is 4.74 Å². The maximum absolute atomic E-state index is 10.9. The smallest absolute Gasteiger partial charge is 0.161 e. The molecular formula is C10H11BrO3. The van der Waals surface area contributed by atoms with E-state index in [9.17, 15) is 9.90 Å². The number of benzene rings is 1. The lowest BCUT2D eigenvalue weighted by Crippen LogP contribution is -1.98. The van der Waals surface area contributed by atoms with E-state index in [1.165, 1.54) is 14.0 Å². The van der Waals surface area contributed by atoms with Crippen molar-refractivity contribution in [3.63, 3.8) is 0 Å². The molecule has 0 fully saturated rings. The van der Waals surface area contributed by atoms with Gasteiger partial charge in [0.2, 0.25) is 0 Å². The van der Waals surface area contributed by atoms with Crippen molar-refractivity contribution in [1.82, 2.24) is 0 Å². The molecule has 4 heteroatoms. The molecule has 0 amide bonds. The average Bonchev–Trinajstić information content (AvgIpc) is 2.09. The fourth-order valence-electron chi connectivity index (χ4n) is 1.19. The third-order valence-corrected chi connectivity index (χ3v) is 2.24. The van der Waals surface area contributed by atoms with Crippen LogP contribution >= 0.6 is 15.9 Å². The molecule has 0 spiro atoms. The molecule has 0 saturated heterocycles. The highest BCUT2D eigenvalue weighted by atomic mass is 79.9. The zero-order valence-corrected chi connectivity index (χ0v) is 9.59. The summed E-state index contributed by atoms with van der Waals surface area (Å²) in [7, 11) is 1.47. The van der Waals surface area contributed by atoms with Gasteiger partial charge in [-0.3, -0.25) is 4.79 Å². The van der Waals surface area contributed by atoms with E-state index >= 15 is 0 Å². The molecule has 14 heavy (non-hydrogen) atoms. The van der Waals surface area contributed by atoms with Crippen LogP contribution in [0, 0.1) is 0 Å². The van der Waals surface area contributed by atoms with E-state index in [0.717, 1.165) is 4.47 Å². The minimum Gasteiger partial charge on any atom is -0.504 e. The van der Waals surface area contributed by atoms with Crippen LogP contribution in [0.3, 0.4) is 0 Å². The predicted molar refractivity (Wildman–Crippen MR) is 56.7 cm³/mol. The molecule has 1 aromatic carbocycles. The Bertz CT molecular complexity index is 361. The van der Waals surface area contributed by atoms with Gasteiger partial charge in [-0.15, -0.1) is 0 Å². The molecule has 0 aliphatic heterocycles. The molecule has 0 unspecified atom stereocenters. The molecule has 0 bridgehead atoms. The lowest BCUT2D eigenvalue weighted by molar-refractivity contribution is -0.116. The fraction of sp³-hybridized carbons (Fsp3) is 0.300. The van der Waals surface area contributed by atoms with Crippen LogP contribution in [0.2, 0.25) is 0 Å². The standard InChI is InChI=1S/C10H11BrO3/c1-6(12)3-7-4-8(11)5-9(14-2)10(7)13/h4-5,13H,3H2,1-2H3. The number of phenolic OH excluding ortho intramolecular Hbond substituents is 1. The minimum absolute atomic E-state index is 0.000420. The summed E-state index contributed by atoms with van der Waals surface area (Å²) in [5, 5.41) is 9.66. The molecule has 76 valence electrons. The highest BCUT2D eigenvalue weighted by Crippen LogP contribution is 2.33. The molecular weight excluding hydrogens is 248 g/mol. The van der Waals surface area contributed by atoms with Crippen LogP contribution in [0.5, 0.6) is 11.5 Å². The average molecular weight is 259 g/mol. The molecule has 0 aliphatic rings. The van der Waals surface area contributed by atoms with Gasteiger partial charge in [0.25, 0.3) is 0 Å². The van der Waals surface area contributed by atoms with Gasteiger partial charge in [0.1, 0.15) is 5.78 Å². The number of phenols is 1. The van der Waals surface area contributed by atoms with E-state index in [1.807, 2.05) is 0 Å². The number of ketones is 1. The summed E-state index contributed by atoms with van der Waals surface area (Å²) in [4.78, 5) is 10.9. The van der Waals surface area contributed by atoms with Gasteiger partial charge in [0.05, 0.1) is 7.11 Å². The molecule has 1 rings (SSSR count). The van der Waals surface area contributed by atoms with E-state index in [-0.39, 0.29) is 18.0 Å². The Labute approximate surface area is 90.8 Å². The Hall–Kier alpha value is -1.03. The summed E-state index contributed by atoms with van der Waals surface area (Å²) in [6, 6.07) is 3.36. The maximum atomic E-state index is 10.9. The van der Waals surface area contributed by atoms with Crippen molar-refractivity contribution in [2.24, 2.45) is 0 Å². The number of methoxy groups -OCH3 is 1. The lowest BCUT2D eigenvalue weighted by atomic mass is 10.1. The number of halogens is 1. The molecule has 1 N–H and O–H groups in total. The number of hydrogen-bond acceptors (Lipinski definition) is 3. The quantitative estimate of drug-likeness (QED) is 0.905. The third kappa shape index (κ3) is 2.48. The first-order valence-electron chi connectivity index (χ1n) is 4.09. The second-order valence-electron chi connectivity index (χ2n) is 2.99. The van der Waals surface area contributed by atoms with Crippen molar-refractivity contribution in [1.29, 1.82) is 0 Å². The van der Waals surface area contributed by atoms with Crippen LogP contribution in [0.15, 0.2) is 16.6 Å². The summed E-state index contributed by atoms with van der Waals surface area (Å²) in [5.41, 5.74) is 0.573. The zero-order chi connectivity index (χ0) is 10.7. The number of Topliss-reactive ketones (excluding diaryl/α,β-unsaturated/α-hetero) is 1. The van der Waals surface area contributed by atoms with Crippen LogP contribution in [-0.4, -0.2) is 18.0 Å². The zero-order valence-electron chi connectivity index (χ0n) is 8.00. The van der Waals surface area contributed by atoms with Crippen LogP contribution in [-0.2, 0) is 11.2 Å². The van der Waals surface area contributed by atoms with E-state index in [1.54, 1.807) is 12.1 Å². The van der Waals surface area contributed by atoms with Crippen LogP contribution in [0.1, 0.15) is 12.5 Å².